The van der Waals surface area contributed by atoms with E-state index in [4.69, 9.17) is 18.5 Å². The largest absolute Gasteiger partial charge is 0.756 e. The highest BCUT2D eigenvalue weighted by Crippen LogP contribution is 2.38. The molecule has 0 saturated carbocycles. The summed E-state index contributed by atoms with van der Waals surface area (Å²) in [6.07, 6.45) is 35.6. The first-order valence-electron chi connectivity index (χ1n) is 21.4. The molecule has 0 fully saturated rings. The van der Waals surface area contributed by atoms with Crippen LogP contribution in [0.1, 0.15) is 194 Å². The summed E-state index contributed by atoms with van der Waals surface area (Å²) in [6, 6.07) is 0. The van der Waals surface area contributed by atoms with Gasteiger partial charge < -0.3 is 27.9 Å². The fourth-order valence-electron chi connectivity index (χ4n) is 5.96. The van der Waals surface area contributed by atoms with E-state index in [1.807, 2.05) is 21.1 Å². The Balaban J connectivity index is 4.41. The third kappa shape index (κ3) is 38.5. The Morgan fingerprint density at radius 3 is 1.48 bits per heavy atom. The number of quaternary nitrogens is 1. The lowest BCUT2D eigenvalue weighted by Gasteiger charge is -2.28. The molecule has 0 aromatic carbocycles. The molecule has 9 nitrogen and oxygen atoms in total. The molecule has 0 bridgehead atoms. The van der Waals surface area contributed by atoms with Gasteiger partial charge in [-0.15, -0.1) is 0 Å². The Kier molecular flexibility index (Phi) is 34.6. The monoisotopic (exact) mass is 760 g/mol. The summed E-state index contributed by atoms with van der Waals surface area (Å²) >= 11 is 0. The first-order valence-corrected chi connectivity index (χ1v) is 22.9. The number of likely N-dealkylation sites (N-methyl/N-ethyl adjacent to an activating group) is 1. The Morgan fingerprint density at radius 2 is 1.04 bits per heavy atom. The van der Waals surface area contributed by atoms with E-state index in [1.165, 1.54) is 141 Å². The van der Waals surface area contributed by atoms with Gasteiger partial charge in [-0.05, 0) is 19.3 Å². The van der Waals surface area contributed by atoms with E-state index in [-0.39, 0.29) is 19.6 Å². The first kappa shape index (κ1) is 50.8. The molecule has 0 aliphatic carbocycles. The fourth-order valence-corrected chi connectivity index (χ4v) is 6.69. The van der Waals surface area contributed by atoms with Crippen LogP contribution in [0.5, 0.6) is 0 Å². The van der Waals surface area contributed by atoms with Gasteiger partial charge in [0.05, 0.1) is 27.7 Å². The van der Waals surface area contributed by atoms with Gasteiger partial charge in [0.15, 0.2) is 6.10 Å². The van der Waals surface area contributed by atoms with Crippen LogP contribution in [0.3, 0.4) is 0 Å². The van der Waals surface area contributed by atoms with Crippen LogP contribution in [0.4, 0.5) is 0 Å². The second-order valence-electron chi connectivity index (χ2n) is 15.8. The molecule has 0 aromatic heterocycles. The summed E-state index contributed by atoms with van der Waals surface area (Å²) in [4.78, 5) is 37.3. The van der Waals surface area contributed by atoms with Crippen molar-refractivity contribution >= 4 is 19.8 Å². The zero-order valence-corrected chi connectivity index (χ0v) is 35.4. The van der Waals surface area contributed by atoms with Gasteiger partial charge in [-0.25, -0.2) is 4.79 Å². The van der Waals surface area contributed by atoms with E-state index in [9.17, 15) is 19.0 Å². The van der Waals surface area contributed by atoms with Crippen LogP contribution < -0.4 is 4.89 Å². The van der Waals surface area contributed by atoms with Crippen LogP contribution >= 0.6 is 7.82 Å². The summed E-state index contributed by atoms with van der Waals surface area (Å²) in [5.74, 6) is -1.02. The van der Waals surface area contributed by atoms with Gasteiger partial charge in [0.1, 0.15) is 19.8 Å². The molecule has 2 atom stereocenters. The van der Waals surface area contributed by atoms with Crippen LogP contribution in [-0.2, 0) is 32.7 Å². The first-order chi connectivity index (χ1) is 25.0. The Hall–Kier alpha value is -1.25. The zero-order valence-electron chi connectivity index (χ0n) is 34.5. The van der Waals surface area contributed by atoms with Crippen molar-refractivity contribution < 1.29 is 42.1 Å². The predicted molar refractivity (Wildman–Crippen MR) is 213 cm³/mol. The number of allylic oxidation sites excluding steroid dienone is 1. The second kappa shape index (κ2) is 35.5. The Bertz CT molecular complexity index is 907. The lowest BCUT2D eigenvalue weighted by molar-refractivity contribution is -0.870. The quantitative estimate of drug-likeness (QED) is 0.0200. The van der Waals surface area contributed by atoms with Gasteiger partial charge in [0.25, 0.3) is 7.82 Å². The number of phosphoric ester groups is 1. The Labute approximate surface area is 320 Å². The number of hydrogen-bond acceptors (Lipinski definition) is 8. The molecule has 0 aliphatic heterocycles. The Morgan fingerprint density at radius 1 is 0.615 bits per heavy atom. The molecular formula is C42H82NO8P. The molecule has 0 amide bonds. The smallest absolute Gasteiger partial charge is 0.330 e. The highest BCUT2D eigenvalue weighted by atomic mass is 31.2. The van der Waals surface area contributed by atoms with Crippen molar-refractivity contribution in [2.24, 2.45) is 0 Å². The standard InChI is InChI=1S/C42H82NO8P/c1-6-8-10-12-14-16-18-20-21-23-25-27-29-31-33-35-42(45)51-40(39-50-52(46,47)49-37-36-43(3,4)5)38-48-41(44)34-32-30-28-26-24-22-19-17-15-13-11-9-7-2/h33,35,40H,6-32,34,36-39H2,1-5H3/t40-/m1/s1. The average molecular weight is 760 g/mol. The third-order valence-electron chi connectivity index (χ3n) is 9.36. The number of phosphoric acid groups is 1. The maximum absolute atomic E-state index is 12.6. The molecule has 0 radical (unpaired) electrons. The highest BCUT2D eigenvalue weighted by Gasteiger charge is 2.21. The number of rotatable bonds is 39. The van der Waals surface area contributed by atoms with Gasteiger partial charge >= 0.3 is 11.9 Å². The highest BCUT2D eigenvalue weighted by molar-refractivity contribution is 7.45. The molecule has 10 heteroatoms. The molecule has 0 heterocycles. The van der Waals surface area contributed by atoms with Crippen molar-refractivity contribution in [1.29, 1.82) is 0 Å². The van der Waals surface area contributed by atoms with Crippen molar-refractivity contribution in [3.05, 3.63) is 12.2 Å². The molecule has 1 unspecified atom stereocenters. The normalized spacial score (nSPS) is 13.7. The molecule has 0 spiro atoms. The summed E-state index contributed by atoms with van der Waals surface area (Å²) in [5.41, 5.74) is 0. The molecule has 0 saturated heterocycles. The molecule has 0 N–H and O–H groups in total. The zero-order chi connectivity index (χ0) is 38.6. The summed E-state index contributed by atoms with van der Waals surface area (Å²) in [5, 5.41) is 0. The lowest BCUT2D eigenvalue weighted by Crippen LogP contribution is -2.37. The fraction of sp³-hybridized carbons (Fsp3) is 0.905. The van der Waals surface area contributed by atoms with Crippen LogP contribution in [0, 0.1) is 0 Å². The number of hydrogen-bond donors (Lipinski definition) is 0. The van der Waals surface area contributed by atoms with Gasteiger partial charge in [-0.3, -0.25) is 9.36 Å². The number of nitrogens with zero attached hydrogens (tertiary/aromatic N) is 1. The third-order valence-corrected chi connectivity index (χ3v) is 10.3. The van der Waals surface area contributed by atoms with Crippen LogP contribution in [0.2, 0.25) is 0 Å². The van der Waals surface area contributed by atoms with E-state index in [2.05, 4.69) is 13.8 Å². The molecule has 0 aromatic rings. The van der Waals surface area contributed by atoms with Crippen molar-refractivity contribution in [2.45, 2.75) is 200 Å². The molecular weight excluding hydrogens is 677 g/mol. The van der Waals surface area contributed by atoms with E-state index < -0.39 is 32.5 Å². The van der Waals surface area contributed by atoms with E-state index >= 15 is 0 Å². The number of carbonyl (C=O) groups is 2. The lowest BCUT2D eigenvalue weighted by atomic mass is 10.0. The van der Waals surface area contributed by atoms with Crippen molar-refractivity contribution in [3.63, 3.8) is 0 Å². The van der Waals surface area contributed by atoms with Crippen molar-refractivity contribution in [2.75, 3.05) is 47.5 Å². The number of unbranched alkanes of at least 4 members (excludes halogenated alkanes) is 25. The van der Waals surface area contributed by atoms with Crippen molar-refractivity contribution in [1.82, 2.24) is 0 Å². The average Bonchev–Trinajstić information content (AvgIpc) is 3.09. The summed E-state index contributed by atoms with van der Waals surface area (Å²) in [6.45, 7) is 4.16. The molecule has 308 valence electrons. The van der Waals surface area contributed by atoms with Gasteiger partial charge in [0.2, 0.25) is 0 Å². The molecule has 52 heavy (non-hydrogen) atoms. The second-order valence-corrected chi connectivity index (χ2v) is 17.2. The maximum atomic E-state index is 12.6. The number of ether oxygens (including phenoxy) is 2. The van der Waals surface area contributed by atoms with Crippen LogP contribution in [0.15, 0.2) is 12.2 Å². The minimum atomic E-state index is -4.63. The molecule has 0 aliphatic rings. The maximum Gasteiger partial charge on any atom is 0.330 e. The van der Waals surface area contributed by atoms with E-state index in [1.54, 1.807) is 6.08 Å². The minimum absolute atomic E-state index is 0.0369. The van der Waals surface area contributed by atoms with E-state index in [0.717, 1.165) is 38.5 Å². The minimum Gasteiger partial charge on any atom is -0.756 e. The number of carbonyl (C=O) groups excluding carboxylic acids is 2. The summed E-state index contributed by atoms with van der Waals surface area (Å²) in [7, 11) is 1.14. The summed E-state index contributed by atoms with van der Waals surface area (Å²) < 4.78 is 33.7. The molecule has 0 rings (SSSR count). The van der Waals surface area contributed by atoms with Gasteiger partial charge in [0, 0.05) is 12.5 Å². The SMILES string of the molecule is CCCCCCCCCCCCCCCC=CC(=O)O[C@H](COC(=O)CCCCCCCCCCCCCCC)COP(=O)([O-])OCC[N+](C)(C)C. The van der Waals surface area contributed by atoms with Gasteiger partial charge in [-0.2, -0.15) is 0 Å². The number of esters is 2. The van der Waals surface area contributed by atoms with Gasteiger partial charge in [-0.1, -0.05) is 174 Å². The van der Waals surface area contributed by atoms with E-state index in [0.29, 0.717) is 11.0 Å². The van der Waals surface area contributed by atoms with Crippen LogP contribution in [-0.4, -0.2) is 70.0 Å². The predicted octanol–water partition coefficient (Wildman–Crippen LogP) is 11.2. The topological polar surface area (TPSA) is 111 Å². The van der Waals surface area contributed by atoms with Crippen LogP contribution in [0.25, 0.3) is 0 Å². The van der Waals surface area contributed by atoms with Crippen molar-refractivity contribution in [3.8, 4) is 0 Å².